The van der Waals surface area contributed by atoms with E-state index in [1.807, 2.05) is 38.1 Å². The van der Waals surface area contributed by atoms with Gasteiger partial charge in [0.15, 0.2) is 0 Å². The van der Waals surface area contributed by atoms with Gasteiger partial charge in [0.25, 0.3) is 0 Å². The number of hydrogen-bond acceptors (Lipinski definition) is 2. The summed E-state index contributed by atoms with van der Waals surface area (Å²) in [7, 11) is 0. The largest absolute Gasteiger partial charge is 0.325 e. The molecule has 2 aromatic carbocycles. The van der Waals surface area contributed by atoms with Crippen LogP contribution in [-0.4, -0.2) is 11.9 Å². The zero-order valence-corrected chi connectivity index (χ0v) is 13.9. The molecule has 0 aliphatic carbocycles. The second-order valence-corrected chi connectivity index (χ2v) is 5.97. The maximum absolute atomic E-state index is 12.2. The van der Waals surface area contributed by atoms with E-state index in [9.17, 15) is 4.79 Å². The van der Waals surface area contributed by atoms with Crippen LogP contribution >= 0.6 is 23.2 Å². The first-order valence-corrected chi connectivity index (χ1v) is 7.80. The first kappa shape index (κ1) is 16.8. The first-order valence-electron chi connectivity index (χ1n) is 7.04. The van der Waals surface area contributed by atoms with Gasteiger partial charge in [0.1, 0.15) is 0 Å². The smallest absolute Gasteiger partial charge is 0.241 e. The van der Waals surface area contributed by atoms with Crippen molar-refractivity contribution in [2.24, 2.45) is 0 Å². The summed E-state index contributed by atoms with van der Waals surface area (Å²) in [6.45, 7) is 3.80. The number of carbonyl (C=O) groups is 1. The van der Waals surface area contributed by atoms with E-state index in [4.69, 9.17) is 23.2 Å². The molecular weight excluding hydrogens is 319 g/mol. The molecule has 0 spiro atoms. The Labute approximate surface area is 140 Å². The van der Waals surface area contributed by atoms with Crippen molar-refractivity contribution in [3.05, 3.63) is 64.1 Å². The fourth-order valence-corrected chi connectivity index (χ4v) is 2.58. The van der Waals surface area contributed by atoms with E-state index in [2.05, 4.69) is 10.6 Å². The highest BCUT2D eigenvalue weighted by molar-refractivity contribution is 6.31. The van der Waals surface area contributed by atoms with Gasteiger partial charge in [-0.3, -0.25) is 10.1 Å². The molecule has 116 valence electrons. The average Bonchev–Trinajstić information content (AvgIpc) is 2.49. The van der Waals surface area contributed by atoms with Crippen molar-refractivity contribution in [2.75, 3.05) is 5.32 Å². The topological polar surface area (TPSA) is 41.1 Å². The molecule has 0 saturated carbocycles. The Hall–Kier alpha value is -1.55. The number of anilines is 1. The summed E-state index contributed by atoms with van der Waals surface area (Å²) in [6.07, 6.45) is 0. The van der Waals surface area contributed by atoms with E-state index in [-0.39, 0.29) is 18.0 Å². The summed E-state index contributed by atoms with van der Waals surface area (Å²) in [5.41, 5.74) is 1.68. The molecule has 0 aliphatic rings. The van der Waals surface area contributed by atoms with E-state index >= 15 is 0 Å². The molecule has 1 amide bonds. The van der Waals surface area contributed by atoms with Crippen molar-refractivity contribution in [1.29, 1.82) is 0 Å². The van der Waals surface area contributed by atoms with E-state index in [0.717, 1.165) is 5.56 Å². The normalized spacial score (nSPS) is 13.5. The Morgan fingerprint density at radius 1 is 1.00 bits per heavy atom. The molecule has 0 saturated heterocycles. The number of hydrogen-bond donors (Lipinski definition) is 2. The highest BCUT2D eigenvalue weighted by atomic mass is 35.5. The number of nitrogens with one attached hydrogen (secondary N) is 2. The maximum atomic E-state index is 12.2. The van der Waals surface area contributed by atoms with Gasteiger partial charge in [-0.25, -0.2) is 0 Å². The molecule has 0 radical (unpaired) electrons. The summed E-state index contributed by atoms with van der Waals surface area (Å²) >= 11 is 12.0. The lowest BCUT2D eigenvalue weighted by atomic mass is 10.1. The van der Waals surface area contributed by atoms with Crippen LogP contribution in [0.1, 0.15) is 25.5 Å². The predicted octanol–water partition coefficient (Wildman–Crippen LogP) is 4.67. The lowest BCUT2D eigenvalue weighted by Gasteiger charge is -2.20. The van der Waals surface area contributed by atoms with Crippen molar-refractivity contribution in [1.82, 2.24) is 5.32 Å². The van der Waals surface area contributed by atoms with Gasteiger partial charge in [0.05, 0.1) is 6.04 Å². The van der Waals surface area contributed by atoms with E-state index in [1.165, 1.54) is 0 Å². The lowest BCUT2D eigenvalue weighted by molar-refractivity contribution is -0.117. The van der Waals surface area contributed by atoms with Crippen molar-refractivity contribution < 1.29 is 4.79 Å². The van der Waals surface area contributed by atoms with Crippen LogP contribution in [0.3, 0.4) is 0 Å². The second kappa shape index (κ2) is 7.63. The molecule has 0 unspecified atom stereocenters. The highest BCUT2D eigenvalue weighted by Crippen LogP contribution is 2.22. The van der Waals surface area contributed by atoms with Crippen LogP contribution in [0.4, 0.5) is 5.69 Å². The van der Waals surface area contributed by atoms with Crippen LogP contribution in [0.2, 0.25) is 10.0 Å². The minimum absolute atomic E-state index is 0.0281. The molecule has 3 nitrogen and oxygen atoms in total. The fourth-order valence-electron chi connectivity index (χ4n) is 2.15. The van der Waals surface area contributed by atoms with Gasteiger partial charge in [-0.05, 0) is 49.7 Å². The summed E-state index contributed by atoms with van der Waals surface area (Å²) in [6, 6.07) is 14.2. The van der Waals surface area contributed by atoms with Gasteiger partial charge in [0, 0.05) is 21.8 Å². The molecule has 2 N–H and O–H groups in total. The number of carbonyl (C=O) groups excluding carboxylic acids is 1. The van der Waals surface area contributed by atoms with Crippen LogP contribution in [0.15, 0.2) is 48.5 Å². The van der Waals surface area contributed by atoms with Crippen LogP contribution in [0, 0.1) is 0 Å². The fraction of sp³-hybridized carbons (Fsp3) is 0.235. The molecule has 0 bridgehead atoms. The first-order chi connectivity index (χ1) is 10.5. The highest BCUT2D eigenvalue weighted by Gasteiger charge is 2.17. The molecule has 2 atom stereocenters. The molecule has 0 heterocycles. The molecule has 2 aromatic rings. The lowest BCUT2D eigenvalue weighted by Crippen LogP contribution is -2.39. The molecule has 0 aliphatic heterocycles. The van der Waals surface area contributed by atoms with Crippen molar-refractivity contribution in [3.63, 3.8) is 0 Å². The van der Waals surface area contributed by atoms with Gasteiger partial charge in [-0.15, -0.1) is 0 Å². The standard InChI is InChI=1S/C17H18Cl2N2O/c1-11(15-5-3-4-6-16(15)19)20-12(2)17(22)21-14-9-7-13(18)8-10-14/h3-12,20H,1-2H3,(H,21,22)/t11-,12-/m1/s1. The summed E-state index contributed by atoms with van der Waals surface area (Å²) in [5, 5.41) is 7.42. The Morgan fingerprint density at radius 3 is 2.27 bits per heavy atom. The van der Waals surface area contributed by atoms with Gasteiger partial charge in [0.2, 0.25) is 5.91 Å². The molecule has 0 fully saturated rings. The van der Waals surface area contributed by atoms with Gasteiger partial charge in [-0.2, -0.15) is 0 Å². The zero-order valence-electron chi connectivity index (χ0n) is 12.4. The number of halogens is 2. The van der Waals surface area contributed by atoms with E-state index in [1.54, 1.807) is 24.3 Å². The molecule has 0 aromatic heterocycles. The Kier molecular flexibility index (Phi) is 5.83. The van der Waals surface area contributed by atoms with E-state index < -0.39 is 0 Å². The zero-order chi connectivity index (χ0) is 16.1. The Balaban J connectivity index is 1.96. The van der Waals surface area contributed by atoms with E-state index in [0.29, 0.717) is 15.7 Å². The van der Waals surface area contributed by atoms with Crippen molar-refractivity contribution >= 4 is 34.8 Å². The summed E-state index contributed by atoms with van der Waals surface area (Å²) in [5.74, 6) is -0.110. The van der Waals surface area contributed by atoms with Crippen LogP contribution < -0.4 is 10.6 Å². The van der Waals surface area contributed by atoms with Crippen LogP contribution in [-0.2, 0) is 4.79 Å². The Morgan fingerprint density at radius 2 is 1.64 bits per heavy atom. The summed E-state index contributed by atoms with van der Waals surface area (Å²) in [4.78, 5) is 12.2. The van der Waals surface area contributed by atoms with Gasteiger partial charge >= 0.3 is 0 Å². The molecular formula is C17H18Cl2N2O. The number of benzene rings is 2. The minimum Gasteiger partial charge on any atom is -0.325 e. The maximum Gasteiger partial charge on any atom is 0.241 e. The summed E-state index contributed by atoms with van der Waals surface area (Å²) < 4.78 is 0. The third kappa shape index (κ3) is 4.47. The molecule has 2 rings (SSSR count). The third-order valence-electron chi connectivity index (χ3n) is 3.38. The second-order valence-electron chi connectivity index (χ2n) is 5.13. The predicted molar refractivity (Wildman–Crippen MR) is 92.5 cm³/mol. The third-order valence-corrected chi connectivity index (χ3v) is 3.97. The van der Waals surface area contributed by atoms with Crippen molar-refractivity contribution in [3.8, 4) is 0 Å². The average molecular weight is 337 g/mol. The number of rotatable bonds is 5. The molecule has 22 heavy (non-hydrogen) atoms. The Bertz CT molecular complexity index is 643. The van der Waals surface area contributed by atoms with Crippen LogP contribution in [0.5, 0.6) is 0 Å². The molecule has 5 heteroatoms. The monoisotopic (exact) mass is 336 g/mol. The SMILES string of the molecule is C[C@@H](N[C@H](C)c1ccccc1Cl)C(=O)Nc1ccc(Cl)cc1. The van der Waals surface area contributed by atoms with Crippen molar-refractivity contribution in [2.45, 2.75) is 25.9 Å². The minimum atomic E-state index is -0.359. The van der Waals surface area contributed by atoms with Gasteiger partial charge < -0.3 is 5.32 Å². The van der Waals surface area contributed by atoms with Gasteiger partial charge in [-0.1, -0.05) is 41.4 Å². The number of amides is 1. The van der Waals surface area contributed by atoms with Crippen LogP contribution in [0.25, 0.3) is 0 Å². The quantitative estimate of drug-likeness (QED) is 0.832.